The maximum absolute atomic E-state index is 9.10. The number of aromatic nitrogens is 2. The molecule has 0 atom stereocenters. The predicted molar refractivity (Wildman–Crippen MR) is 121 cm³/mol. The second-order valence-electron chi connectivity index (χ2n) is 7.00. The number of ether oxygens (including phenoxy) is 1. The largest absolute Gasteiger partial charge is 0.473 e. The average molecular weight is 459 g/mol. The van der Waals surface area contributed by atoms with Crippen LogP contribution in [0.2, 0.25) is 0 Å². The lowest BCUT2D eigenvalue weighted by atomic mass is 10.2. The summed E-state index contributed by atoms with van der Waals surface area (Å²) in [4.78, 5) is 21.9. The number of carboxylic acid groups (broad SMARTS) is 2. The lowest BCUT2D eigenvalue weighted by Gasteiger charge is -2.26. The number of thiophene rings is 1. The Kier molecular flexibility index (Phi) is 8.93. The van der Waals surface area contributed by atoms with Crippen LogP contribution >= 0.6 is 11.3 Å². The summed E-state index contributed by atoms with van der Waals surface area (Å²) in [6, 6.07) is 14.5. The standard InChI is InChI=1S/C20H24N4OS.C2H2O4/c1-2-5-18(6-3-1)24-16-17(20(22-24)19-7-4-14-26-19)15-21-8-9-23-10-12-25-13-11-23;3-1(4)2(5)6/h1-7,14,16,21H,8-13,15H2;(H,3,4)(H,5,6). The number of carbonyl (C=O) groups is 2. The van der Waals surface area contributed by atoms with Gasteiger partial charge in [-0.05, 0) is 23.6 Å². The first-order valence-electron chi connectivity index (χ1n) is 10.2. The third-order valence-corrected chi connectivity index (χ3v) is 5.65. The molecule has 3 aromatic rings. The van der Waals surface area contributed by atoms with E-state index in [0.717, 1.165) is 57.3 Å². The maximum atomic E-state index is 9.10. The minimum atomic E-state index is -1.82. The molecule has 0 radical (unpaired) electrons. The zero-order valence-corrected chi connectivity index (χ0v) is 18.3. The van der Waals surface area contributed by atoms with Crippen LogP contribution in [0.1, 0.15) is 5.56 Å². The smallest absolute Gasteiger partial charge is 0.414 e. The number of carboxylic acids is 2. The van der Waals surface area contributed by atoms with E-state index in [1.54, 1.807) is 11.3 Å². The van der Waals surface area contributed by atoms with Crippen molar-refractivity contribution in [3.63, 3.8) is 0 Å². The molecular weight excluding hydrogens is 432 g/mol. The van der Waals surface area contributed by atoms with Gasteiger partial charge in [-0.15, -0.1) is 11.3 Å². The van der Waals surface area contributed by atoms with Crippen LogP contribution in [0, 0.1) is 0 Å². The van der Waals surface area contributed by atoms with Crippen molar-refractivity contribution in [2.45, 2.75) is 6.54 Å². The van der Waals surface area contributed by atoms with Crippen LogP contribution < -0.4 is 5.32 Å². The van der Waals surface area contributed by atoms with Crippen LogP contribution in [0.15, 0.2) is 54.0 Å². The Morgan fingerprint density at radius 2 is 1.78 bits per heavy atom. The lowest BCUT2D eigenvalue weighted by Crippen LogP contribution is -2.40. The van der Waals surface area contributed by atoms with E-state index < -0.39 is 11.9 Å². The molecule has 32 heavy (non-hydrogen) atoms. The van der Waals surface area contributed by atoms with Gasteiger partial charge in [0.25, 0.3) is 0 Å². The Labute approximate surface area is 189 Å². The number of nitrogens with one attached hydrogen (secondary N) is 1. The molecule has 3 heterocycles. The van der Waals surface area contributed by atoms with Gasteiger partial charge in [0, 0.05) is 44.5 Å². The fourth-order valence-electron chi connectivity index (χ4n) is 3.16. The van der Waals surface area contributed by atoms with Crippen molar-refractivity contribution < 1.29 is 24.5 Å². The van der Waals surface area contributed by atoms with Gasteiger partial charge in [-0.3, -0.25) is 4.90 Å². The highest BCUT2D eigenvalue weighted by atomic mass is 32.1. The molecule has 1 saturated heterocycles. The molecule has 0 saturated carbocycles. The van der Waals surface area contributed by atoms with Gasteiger partial charge in [-0.25, -0.2) is 14.3 Å². The van der Waals surface area contributed by atoms with E-state index in [2.05, 4.69) is 46.1 Å². The molecule has 0 spiro atoms. The van der Waals surface area contributed by atoms with Crippen LogP contribution in [0.5, 0.6) is 0 Å². The highest BCUT2D eigenvalue weighted by Gasteiger charge is 2.14. The summed E-state index contributed by atoms with van der Waals surface area (Å²) in [5.41, 5.74) is 3.39. The minimum absolute atomic E-state index is 0.824. The number of benzene rings is 1. The van der Waals surface area contributed by atoms with E-state index >= 15 is 0 Å². The first kappa shape index (κ1) is 23.6. The van der Waals surface area contributed by atoms with Gasteiger partial charge in [-0.1, -0.05) is 24.3 Å². The third-order valence-electron chi connectivity index (χ3n) is 4.77. The molecule has 1 fully saturated rings. The summed E-state index contributed by atoms with van der Waals surface area (Å²) in [5, 5.41) is 25.3. The van der Waals surface area contributed by atoms with Crippen molar-refractivity contribution in [1.29, 1.82) is 0 Å². The number of rotatable bonds is 7. The van der Waals surface area contributed by atoms with Crippen molar-refractivity contribution in [3.8, 4) is 16.3 Å². The molecule has 170 valence electrons. The van der Waals surface area contributed by atoms with Crippen LogP contribution in [-0.4, -0.2) is 76.2 Å². The second-order valence-corrected chi connectivity index (χ2v) is 7.95. The minimum Gasteiger partial charge on any atom is -0.473 e. The molecule has 0 amide bonds. The third kappa shape index (κ3) is 6.99. The first-order valence-corrected chi connectivity index (χ1v) is 11.1. The number of morpholine rings is 1. The van der Waals surface area contributed by atoms with Gasteiger partial charge < -0.3 is 20.3 Å². The van der Waals surface area contributed by atoms with Crippen molar-refractivity contribution in [2.75, 3.05) is 39.4 Å². The Morgan fingerprint density at radius 1 is 1.06 bits per heavy atom. The average Bonchev–Trinajstić information content (AvgIpc) is 3.48. The molecular formula is C22H26N4O5S. The molecule has 3 N–H and O–H groups in total. The first-order chi connectivity index (χ1) is 15.5. The number of hydrogen-bond donors (Lipinski definition) is 3. The topological polar surface area (TPSA) is 117 Å². The predicted octanol–water partition coefficient (Wildman–Crippen LogP) is 2.18. The molecule has 9 nitrogen and oxygen atoms in total. The zero-order chi connectivity index (χ0) is 22.8. The summed E-state index contributed by atoms with van der Waals surface area (Å²) in [6.45, 7) is 6.64. The number of aliphatic carboxylic acids is 2. The summed E-state index contributed by atoms with van der Waals surface area (Å²) in [5.74, 6) is -3.65. The Bertz CT molecular complexity index is 973. The zero-order valence-electron chi connectivity index (χ0n) is 17.5. The molecule has 1 aromatic carbocycles. The van der Waals surface area contributed by atoms with Crippen LogP contribution in [0.25, 0.3) is 16.3 Å². The number of hydrogen-bond acceptors (Lipinski definition) is 7. The van der Waals surface area contributed by atoms with Gasteiger partial charge in [0.15, 0.2) is 0 Å². The van der Waals surface area contributed by atoms with E-state index in [4.69, 9.17) is 29.6 Å². The van der Waals surface area contributed by atoms with Crippen molar-refractivity contribution in [3.05, 3.63) is 59.6 Å². The fraction of sp³-hybridized carbons (Fsp3) is 0.318. The highest BCUT2D eigenvalue weighted by molar-refractivity contribution is 7.13. The van der Waals surface area contributed by atoms with Gasteiger partial charge in [0.1, 0.15) is 5.69 Å². The van der Waals surface area contributed by atoms with Crippen molar-refractivity contribution in [2.24, 2.45) is 0 Å². The van der Waals surface area contributed by atoms with E-state index in [1.165, 1.54) is 10.4 Å². The van der Waals surface area contributed by atoms with Gasteiger partial charge >= 0.3 is 11.9 Å². The summed E-state index contributed by atoms with van der Waals surface area (Å²) in [7, 11) is 0. The molecule has 0 unspecified atom stereocenters. The molecule has 0 aliphatic carbocycles. The fourth-order valence-corrected chi connectivity index (χ4v) is 3.90. The molecule has 1 aliphatic rings. The van der Waals surface area contributed by atoms with E-state index in [0.29, 0.717) is 0 Å². The lowest BCUT2D eigenvalue weighted by molar-refractivity contribution is -0.159. The monoisotopic (exact) mass is 458 g/mol. The van der Waals surface area contributed by atoms with Crippen molar-refractivity contribution >= 4 is 23.3 Å². The SMILES string of the molecule is O=C(O)C(=O)O.c1ccc(-n2cc(CNCCN3CCOCC3)c(-c3cccs3)n2)cc1. The molecule has 10 heteroatoms. The maximum Gasteiger partial charge on any atom is 0.414 e. The summed E-state index contributed by atoms with van der Waals surface area (Å²) in [6.07, 6.45) is 2.14. The van der Waals surface area contributed by atoms with Crippen LogP contribution in [0.3, 0.4) is 0 Å². The van der Waals surface area contributed by atoms with E-state index in [-0.39, 0.29) is 0 Å². The van der Waals surface area contributed by atoms with Gasteiger partial charge in [0.05, 0.1) is 23.8 Å². The number of nitrogens with zero attached hydrogens (tertiary/aromatic N) is 3. The Balaban J connectivity index is 0.000000427. The van der Waals surface area contributed by atoms with E-state index in [1.807, 2.05) is 22.9 Å². The Hall–Kier alpha value is -3.05. The highest BCUT2D eigenvalue weighted by Crippen LogP contribution is 2.27. The second kappa shape index (κ2) is 12.1. The summed E-state index contributed by atoms with van der Waals surface area (Å²) >= 11 is 1.73. The molecule has 2 aromatic heterocycles. The molecule has 1 aliphatic heterocycles. The number of para-hydroxylation sites is 1. The van der Waals surface area contributed by atoms with E-state index in [9.17, 15) is 0 Å². The molecule has 4 rings (SSSR count). The van der Waals surface area contributed by atoms with Crippen LogP contribution in [0.4, 0.5) is 0 Å². The molecule has 0 bridgehead atoms. The normalized spacial score (nSPS) is 13.9. The quantitative estimate of drug-likeness (QED) is 0.364. The summed E-state index contributed by atoms with van der Waals surface area (Å²) < 4.78 is 7.39. The van der Waals surface area contributed by atoms with Gasteiger partial charge in [-0.2, -0.15) is 5.10 Å². The van der Waals surface area contributed by atoms with Gasteiger partial charge in [0.2, 0.25) is 0 Å². The van der Waals surface area contributed by atoms with Crippen LogP contribution in [-0.2, 0) is 20.9 Å². The Morgan fingerprint density at radius 3 is 2.41 bits per heavy atom. The van der Waals surface area contributed by atoms with Crippen molar-refractivity contribution in [1.82, 2.24) is 20.0 Å².